The summed E-state index contributed by atoms with van der Waals surface area (Å²) in [7, 11) is 0. The summed E-state index contributed by atoms with van der Waals surface area (Å²) in [4.78, 5) is 6.41. The molecule has 17 heavy (non-hydrogen) atoms. The van der Waals surface area contributed by atoms with Crippen molar-refractivity contribution in [3.63, 3.8) is 0 Å². The second-order valence-electron chi connectivity index (χ2n) is 4.06. The second kappa shape index (κ2) is 5.57. The van der Waals surface area contributed by atoms with E-state index in [0.29, 0.717) is 5.96 Å². The molecule has 0 aliphatic carbocycles. The number of fused-ring (bicyclic) bond motifs is 1. The van der Waals surface area contributed by atoms with E-state index in [9.17, 15) is 0 Å². The quantitative estimate of drug-likeness (QED) is 0.628. The van der Waals surface area contributed by atoms with Gasteiger partial charge in [0.05, 0.1) is 12.3 Å². The molecule has 0 atom stereocenters. The van der Waals surface area contributed by atoms with Gasteiger partial charge in [0.15, 0.2) is 5.96 Å². The maximum absolute atomic E-state index is 6.04. The highest BCUT2D eigenvalue weighted by Crippen LogP contribution is 2.30. The summed E-state index contributed by atoms with van der Waals surface area (Å²) in [6.45, 7) is 4.45. The summed E-state index contributed by atoms with van der Waals surface area (Å²) < 4.78 is 5.68. The van der Waals surface area contributed by atoms with E-state index in [0.717, 1.165) is 44.0 Å². The molecule has 0 radical (unpaired) electrons. The lowest BCUT2D eigenvalue weighted by Gasteiger charge is -2.22. The lowest BCUT2D eigenvalue weighted by atomic mass is 10.2. The third kappa shape index (κ3) is 2.70. The predicted octanol–water partition coefficient (Wildman–Crippen LogP) is 2.00. The summed E-state index contributed by atoms with van der Waals surface area (Å²) >= 11 is 0. The lowest BCUT2D eigenvalue weighted by molar-refractivity contribution is 0.322. The lowest BCUT2D eigenvalue weighted by Crippen LogP contribution is -2.38. The van der Waals surface area contributed by atoms with Gasteiger partial charge in [0.1, 0.15) is 5.75 Å². The number of nitrogens with two attached hydrogens (primary N) is 1. The van der Waals surface area contributed by atoms with E-state index in [1.54, 1.807) is 0 Å². The van der Waals surface area contributed by atoms with E-state index >= 15 is 0 Å². The van der Waals surface area contributed by atoms with Crippen LogP contribution in [0.25, 0.3) is 0 Å². The van der Waals surface area contributed by atoms with Gasteiger partial charge in [0.2, 0.25) is 0 Å². The topological polar surface area (TPSA) is 50.8 Å². The number of guanidine groups is 1. The highest BCUT2D eigenvalue weighted by molar-refractivity contribution is 5.96. The van der Waals surface area contributed by atoms with Crippen molar-refractivity contribution in [1.82, 2.24) is 0 Å². The fourth-order valence-corrected chi connectivity index (χ4v) is 1.88. The third-order valence-electron chi connectivity index (χ3n) is 2.71. The molecule has 0 unspecified atom stereocenters. The molecular weight excluding hydrogens is 214 g/mol. The molecule has 0 amide bonds. The van der Waals surface area contributed by atoms with Crippen LogP contribution in [0.2, 0.25) is 0 Å². The fraction of sp³-hybridized carbons (Fsp3) is 0.462. The molecule has 2 rings (SSSR count). The van der Waals surface area contributed by atoms with Gasteiger partial charge >= 0.3 is 0 Å². The first-order valence-corrected chi connectivity index (χ1v) is 6.12. The van der Waals surface area contributed by atoms with Gasteiger partial charge < -0.3 is 15.4 Å². The number of nitrogens with zero attached hydrogens (tertiary/aromatic N) is 2. The molecule has 2 N–H and O–H groups in total. The van der Waals surface area contributed by atoms with Crippen molar-refractivity contribution in [2.45, 2.75) is 19.8 Å². The van der Waals surface area contributed by atoms with Crippen molar-refractivity contribution in [2.24, 2.45) is 10.7 Å². The first kappa shape index (κ1) is 11.8. The number of hydrogen-bond acceptors (Lipinski definition) is 2. The van der Waals surface area contributed by atoms with Crippen LogP contribution in [0.15, 0.2) is 29.3 Å². The Hall–Kier alpha value is -1.71. The van der Waals surface area contributed by atoms with Crippen LogP contribution >= 0.6 is 0 Å². The molecule has 92 valence electrons. The maximum Gasteiger partial charge on any atom is 0.195 e. The van der Waals surface area contributed by atoms with Gasteiger partial charge in [-0.05, 0) is 25.0 Å². The Labute approximate surface area is 102 Å². The summed E-state index contributed by atoms with van der Waals surface area (Å²) in [6.07, 6.45) is 1.96. The minimum absolute atomic E-state index is 0.588. The molecule has 1 aromatic rings. The van der Waals surface area contributed by atoms with Crippen LogP contribution in [0.1, 0.15) is 19.8 Å². The Kier molecular flexibility index (Phi) is 3.85. The number of rotatable bonds is 2. The van der Waals surface area contributed by atoms with E-state index in [-0.39, 0.29) is 0 Å². The molecule has 4 nitrogen and oxygen atoms in total. The summed E-state index contributed by atoms with van der Waals surface area (Å²) in [5.41, 5.74) is 7.06. The molecule has 4 heteroatoms. The van der Waals surface area contributed by atoms with Crippen molar-refractivity contribution < 1.29 is 4.74 Å². The zero-order valence-electron chi connectivity index (χ0n) is 10.2. The van der Waals surface area contributed by atoms with Crippen LogP contribution in [0.4, 0.5) is 5.69 Å². The number of para-hydroxylation sites is 2. The molecule has 0 spiro atoms. The van der Waals surface area contributed by atoms with Crippen LogP contribution in [0.5, 0.6) is 5.75 Å². The van der Waals surface area contributed by atoms with Crippen LogP contribution in [0.3, 0.4) is 0 Å². The number of hydrogen-bond donors (Lipinski definition) is 1. The number of anilines is 1. The van der Waals surface area contributed by atoms with E-state index in [1.165, 1.54) is 0 Å². The smallest absolute Gasteiger partial charge is 0.195 e. The van der Waals surface area contributed by atoms with E-state index < -0.39 is 0 Å². The van der Waals surface area contributed by atoms with Gasteiger partial charge in [0, 0.05) is 13.1 Å². The maximum atomic E-state index is 6.04. The predicted molar refractivity (Wildman–Crippen MR) is 70.7 cm³/mol. The van der Waals surface area contributed by atoms with Crippen molar-refractivity contribution in [1.29, 1.82) is 0 Å². The molecule has 0 saturated heterocycles. The Morgan fingerprint density at radius 3 is 3.12 bits per heavy atom. The van der Waals surface area contributed by atoms with Gasteiger partial charge in [-0.2, -0.15) is 0 Å². The minimum Gasteiger partial charge on any atom is -0.491 e. The van der Waals surface area contributed by atoms with Crippen molar-refractivity contribution in [3.05, 3.63) is 24.3 Å². The van der Waals surface area contributed by atoms with Gasteiger partial charge in [-0.3, -0.25) is 4.99 Å². The monoisotopic (exact) mass is 233 g/mol. The van der Waals surface area contributed by atoms with Gasteiger partial charge in [-0.1, -0.05) is 19.1 Å². The number of benzene rings is 1. The van der Waals surface area contributed by atoms with Crippen LogP contribution in [0, 0.1) is 0 Å². The van der Waals surface area contributed by atoms with Gasteiger partial charge in [0.25, 0.3) is 0 Å². The van der Waals surface area contributed by atoms with Crippen LogP contribution in [-0.2, 0) is 0 Å². The zero-order valence-corrected chi connectivity index (χ0v) is 10.2. The Balaban J connectivity index is 2.28. The molecule has 0 saturated carbocycles. The first-order valence-electron chi connectivity index (χ1n) is 6.12. The molecule has 1 aliphatic rings. The van der Waals surface area contributed by atoms with Gasteiger partial charge in [-0.15, -0.1) is 0 Å². The average molecular weight is 233 g/mol. The Morgan fingerprint density at radius 2 is 2.29 bits per heavy atom. The molecule has 1 aliphatic heterocycles. The fourth-order valence-electron chi connectivity index (χ4n) is 1.88. The SMILES string of the molecule is CCCN=C(N)N1CCCOc2ccccc21. The third-order valence-corrected chi connectivity index (χ3v) is 2.71. The molecule has 1 aromatic carbocycles. The largest absolute Gasteiger partial charge is 0.491 e. The van der Waals surface area contributed by atoms with Crippen molar-refractivity contribution in [3.8, 4) is 5.75 Å². The molecule has 0 aromatic heterocycles. The van der Waals surface area contributed by atoms with Crippen molar-refractivity contribution >= 4 is 11.6 Å². The average Bonchev–Trinajstić information content (AvgIpc) is 2.58. The zero-order chi connectivity index (χ0) is 12.1. The Morgan fingerprint density at radius 1 is 1.47 bits per heavy atom. The van der Waals surface area contributed by atoms with E-state index in [1.807, 2.05) is 29.2 Å². The number of aliphatic imine (C=N–C) groups is 1. The highest BCUT2D eigenvalue weighted by atomic mass is 16.5. The summed E-state index contributed by atoms with van der Waals surface area (Å²) in [5, 5.41) is 0. The minimum atomic E-state index is 0.588. The first-order chi connectivity index (χ1) is 8.33. The van der Waals surface area contributed by atoms with Crippen molar-refractivity contribution in [2.75, 3.05) is 24.6 Å². The summed E-state index contributed by atoms with van der Waals surface area (Å²) in [6, 6.07) is 7.96. The number of ether oxygens (including phenoxy) is 1. The standard InChI is InChI=1S/C13H19N3O/c1-2-8-15-13(14)16-9-5-10-17-12-7-4-3-6-11(12)16/h3-4,6-7H,2,5,8-10H2,1H3,(H2,14,15). The normalized spacial score (nSPS) is 16.1. The molecular formula is C13H19N3O. The molecule has 0 fully saturated rings. The highest BCUT2D eigenvalue weighted by Gasteiger charge is 2.18. The Bertz CT molecular complexity index is 403. The van der Waals surface area contributed by atoms with E-state index in [4.69, 9.17) is 10.5 Å². The van der Waals surface area contributed by atoms with Crippen LogP contribution in [-0.4, -0.2) is 25.7 Å². The van der Waals surface area contributed by atoms with Crippen LogP contribution < -0.4 is 15.4 Å². The molecule has 1 heterocycles. The van der Waals surface area contributed by atoms with E-state index in [2.05, 4.69) is 11.9 Å². The van der Waals surface area contributed by atoms with Gasteiger partial charge in [-0.25, -0.2) is 0 Å². The second-order valence-corrected chi connectivity index (χ2v) is 4.06. The molecule has 0 bridgehead atoms. The summed E-state index contributed by atoms with van der Waals surface area (Å²) in [5.74, 6) is 1.48.